The summed E-state index contributed by atoms with van der Waals surface area (Å²) in [5.41, 5.74) is -0.242. The van der Waals surface area contributed by atoms with Crippen molar-refractivity contribution in [2.45, 2.75) is 66.0 Å². The second-order valence-corrected chi connectivity index (χ2v) is 7.88. The van der Waals surface area contributed by atoms with Crippen LogP contribution in [0.15, 0.2) is 0 Å². The van der Waals surface area contributed by atoms with Gasteiger partial charge in [0.25, 0.3) is 0 Å². The normalized spacial score (nSPS) is 20.2. The van der Waals surface area contributed by atoms with E-state index in [9.17, 15) is 5.11 Å². The first-order valence-corrected chi connectivity index (χ1v) is 7.78. The van der Waals surface area contributed by atoms with Crippen molar-refractivity contribution in [3.8, 4) is 0 Å². The maximum absolute atomic E-state index is 9.86. The van der Waals surface area contributed by atoms with Crippen molar-refractivity contribution < 1.29 is 5.11 Å². The molecule has 0 aliphatic carbocycles. The second-order valence-electron chi connectivity index (χ2n) is 7.88. The predicted octanol–water partition coefficient (Wildman–Crippen LogP) is 2.59. The molecule has 0 bridgehead atoms. The molecule has 3 nitrogen and oxygen atoms in total. The van der Waals surface area contributed by atoms with E-state index in [1.807, 2.05) is 13.8 Å². The fraction of sp³-hybridized carbons (Fsp3) is 1.00. The minimum Gasteiger partial charge on any atom is -0.390 e. The molecular formula is C16H34N2O. The molecule has 3 heteroatoms. The van der Waals surface area contributed by atoms with Gasteiger partial charge in [0.1, 0.15) is 0 Å². The Hall–Kier alpha value is -0.120. The van der Waals surface area contributed by atoms with E-state index < -0.39 is 5.60 Å². The number of aliphatic hydroxyl groups is 1. The Labute approximate surface area is 120 Å². The van der Waals surface area contributed by atoms with E-state index in [-0.39, 0.29) is 0 Å². The average Bonchev–Trinajstić information content (AvgIpc) is 2.26. The Balaban J connectivity index is 2.34. The van der Waals surface area contributed by atoms with Crippen LogP contribution in [-0.4, -0.2) is 59.3 Å². The van der Waals surface area contributed by atoms with Crippen molar-refractivity contribution in [3.05, 3.63) is 0 Å². The zero-order chi connectivity index (χ0) is 14.7. The van der Waals surface area contributed by atoms with Crippen LogP contribution in [0, 0.1) is 5.41 Å². The zero-order valence-electron chi connectivity index (χ0n) is 13.9. The van der Waals surface area contributed by atoms with E-state index in [0.29, 0.717) is 11.5 Å². The van der Waals surface area contributed by atoms with Crippen molar-refractivity contribution in [1.82, 2.24) is 9.80 Å². The molecule has 1 aliphatic rings. The molecule has 1 aliphatic heterocycles. The molecule has 0 aromatic carbocycles. The van der Waals surface area contributed by atoms with Crippen molar-refractivity contribution in [2.24, 2.45) is 5.41 Å². The van der Waals surface area contributed by atoms with Crippen molar-refractivity contribution >= 4 is 0 Å². The first-order valence-electron chi connectivity index (χ1n) is 7.78. The zero-order valence-corrected chi connectivity index (χ0v) is 13.9. The van der Waals surface area contributed by atoms with Crippen LogP contribution in [0.5, 0.6) is 0 Å². The van der Waals surface area contributed by atoms with E-state index in [0.717, 1.165) is 19.4 Å². The lowest BCUT2D eigenvalue weighted by atomic mass is 9.83. The first kappa shape index (κ1) is 16.9. The smallest absolute Gasteiger partial charge is 0.0592 e. The van der Waals surface area contributed by atoms with E-state index in [4.69, 9.17) is 0 Å². The number of nitrogens with zero attached hydrogens (tertiary/aromatic N) is 2. The number of rotatable bonds is 6. The summed E-state index contributed by atoms with van der Waals surface area (Å²) in [6.45, 7) is 18.9. The second kappa shape index (κ2) is 6.55. The third-order valence-corrected chi connectivity index (χ3v) is 4.20. The highest BCUT2D eigenvalue weighted by molar-refractivity contribution is 4.81. The summed E-state index contributed by atoms with van der Waals surface area (Å²) in [4.78, 5) is 5.14. The lowest BCUT2D eigenvalue weighted by Gasteiger charge is -2.40. The van der Waals surface area contributed by atoms with Crippen LogP contribution in [0.1, 0.15) is 54.4 Å². The summed E-state index contributed by atoms with van der Waals surface area (Å²) in [6, 6.07) is 0.672. The van der Waals surface area contributed by atoms with Gasteiger partial charge in [-0.2, -0.15) is 0 Å². The van der Waals surface area contributed by atoms with Gasteiger partial charge in [0.15, 0.2) is 0 Å². The molecule has 0 aromatic rings. The average molecular weight is 270 g/mol. The highest BCUT2D eigenvalue weighted by Crippen LogP contribution is 2.27. The van der Waals surface area contributed by atoms with Crippen LogP contribution < -0.4 is 0 Å². The van der Waals surface area contributed by atoms with Gasteiger partial charge in [0, 0.05) is 38.8 Å². The Morgan fingerprint density at radius 2 is 1.47 bits per heavy atom. The molecule has 114 valence electrons. The largest absolute Gasteiger partial charge is 0.390 e. The molecule has 0 amide bonds. The SMILES string of the molecule is CC(C)N1CCN(CC(C)(C)CCC(C)(C)O)CC1. The topological polar surface area (TPSA) is 26.7 Å². The summed E-state index contributed by atoms with van der Waals surface area (Å²) in [5.74, 6) is 0. The molecule has 1 saturated heterocycles. The Kier molecular flexibility index (Phi) is 5.84. The van der Waals surface area contributed by atoms with Crippen LogP contribution in [0.25, 0.3) is 0 Å². The third-order valence-electron chi connectivity index (χ3n) is 4.20. The Morgan fingerprint density at radius 3 is 1.89 bits per heavy atom. The fourth-order valence-electron chi connectivity index (χ4n) is 2.77. The fourth-order valence-corrected chi connectivity index (χ4v) is 2.77. The maximum Gasteiger partial charge on any atom is 0.0592 e. The molecule has 1 heterocycles. The summed E-state index contributed by atoms with van der Waals surface area (Å²) >= 11 is 0. The number of hydrogen-bond acceptors (Lipinski definition) is 3. The van der Waals surface area contributed by atoms with E-state index in [1.54, 1.807) is 0 Å². The summed E-state index contributed by atoms with van der Waals surface area (Å²) in [7, 11) is 0. The molecule has 0 spiro atoms. The van der Waals surface area contributed by atoms with Crippen LogP contribution in [0.4, 0.5) is 0 Å². The van der Waals surface area contributed by atoms with Crippen molar-refractivity contribution in [1.29, 1.82) is 0 Å². The minimum atomic E-state index is -0.534. The monoisotopic (exact) mass is 270 g/mol. The molecule has 0 atom stereocenters. The van der Waals surface area contributed by atoms with Gasteiger partial charge >= 0.3 is 0 Å². The highest BCUT2D eigenvalue weighted by atomic mass is 16.3. The molecule has 1 rings (SSSR count). The summed E-state index contributed by atoms with van der Waals surface area (Å²) < 4.78 is 0. The van der Waals surface area contributed by atoms with Crippen LogP contribution >= 0.6 is 0 Å². The Bertz CT molecular complexity index is 260. The van der Waals surface area contributed by atoms with Crippen LogP contribution in [0.3, 0.4) is 0 Å². The van der Waals surface area contributed by atoms with Gasteiger partial charge in [0.2, 0.25) is 0 Å². The molecule has 0 saturated carbocycles. The van der Waals surface area contributed by atoms with Crippen LogP contribution in [-0.2, 0) is 0 Å². The van der Waals surface area contributed by atoms with Gasteiger partial charge in [-0.05, 0) is 46.0 Å². The van der Waals surface area contributed by atoms with Gasteiger partial charge in [-0.15, -0.1) is 0 Å². The van der Waals surface area contributed by atoms with Crippen LogP contribution in [0.2, 0.25) is 0 Å². The summed E-state index contributed by atoms with van der Waals surface area (Å²) in [6.07, 6.45) is 1.97. The predicted molar refractivity (Wildman–Crippen MR) is 82.5 cm³/mol. The van der Waals surface area contributed by atoms with Gasteiger partial charge in [-0.1, -0.05) is 13.8 Å². The molecule has 1 N–H and O–H groups in total. The van der Waals surface area contributed by atoms with Gasteiger partial charge < -0.3 is 10.0 Å². The summed E-state index contributed by atoms with van der Waals surface area (Å²) in [5, 5.41) is 9.86. The molecular weight excluding hydrogens is 236 g/mol. The lowest BCUT2D eigenvalue weighted by Crippen LogP contribution is -2.51. The molecule has 19 heavy (non-hydrogen) atoms. The lowest BCUT2D eigenvalue weighted by molar-refractivity contribution is 0.0406. The van der Waals surface area contributed by atoms with Crippen molar-refractivity contribution in [3.63, 3.8) is 0 Å². The maximum atomic E-state index is 9.86. The van der Waals surface area contributed by atoms with E-state index in [1.165, 1.54) is 26.2 Å². The van der Waals surface area contributed by atoms with Gasteiger partial charge in [-0.25, -0.2) is 0 Å². The minimum absolute atomic E-state index is 0.292. The Morgan fingerprint density at radius 1 is 0.947 bits per heavy atom. The first-order chi connectivity index (χ1) is 8.59. The van der Waals surface area contributed by atoms with Gasteiger partial charge in [0.05, 0.1) is 5.60 Å². The van der Waals surface area contributed by atoms with Gasteiger partial charge in [-0.3, -0.25) is 4.90 Å². The van der Waals surface area contributed by atoms with E-state index in [2.05, 4.69) is 37.5 Å². The molecule has 0 aromatic heterocycles. The molecule has 0 radical (unpaired) electrons. The quantitative estimate of drug-likeness (QED) is 0.803. The molecule has 1 fully saturated rings. The molecule has 0 unspecified atom stereocenters. The van der Waals surface area contributed by atoms with Crippen molar-refractivity contribution in [2.75, 3.05) is 32.7 Å². The third kappa shape index (κ3) is 6.73. The number of hydrogen-bond donors (Lipinski definition) is 1. The standard InChI is InChI=1S/C16H34N2O/c1-14(2)18-11-9-17(10-12-18)13-15(3,4)7-8-16(5,6)19/h14,19H,7-13H2,1-6H3. The number of piperazine rings is 1. The van der Waals surface area contributed by atoms with E-state index >= 15 is 0 Å². The highest BCUT2D eigenvalue weighted by Gasteiger charge is 2.27.